The quantitative estimate of drug-likeness (QED) is 0.499. The molecule has 9 nitrogen and oxygen atoms in total. The molecular formula is C23H23F7N6O3. The number of nitrogens with one attached hydrogen (secondary N) is 2. The number of carbonyl (C=O) groups excluding carboxylic acids is 1. The highest BCUT2D eigenvalue weighted by Gasteiger charge is 2.38. The Morgan fingerprint density at radius 2 is 1.92 bits per heavy atom. The van der Waals surface area contributed by atoms with Crippen molar-refractivity contribution in [2.24, 2.45) is 0 Å². The number of aromatic nitrogens is 3. The molecule has 0 bridgehead atoms. The van der Waals surface area contributed by atoms with Gasteiger partial charge in [0.2, 0.25) is 6.17 Å². The van der Waals surface area contributed by atoms with E-state index < -0.39 is 65.5 Å². The third-order valence-corrected chi connectivity index (χ3v) is 6.16. The zero-order valence-electron chi connectivity index (χ0n) is 20.3. The largest absolute Gasteiger partial charge is 0.423 e. The highest BCUT2D eigenvalue weighted by molar-refractivity contribution is 5.82. The number of carbonyl (C=O) groups is 1. The van der Waals surface area contributed by atoms with E-state index in [1.54, 1.807) is 16.1 Å². The maximum Gasteiger partial charge on any atom is 0.423 e. The molecule has 2 aromatic heterocycles. The lowest BCUT2D eigenvalue weighted by Crippen LogP contribution is -2.57. The zero-order chi connectivity index (χ0) is 28.5. The van der Waals surface area contributed by atoms with E-state index in [-0.39, 0.29) is 26.2 Å². The van der Waals surface area contributed by atoms with Gasteiger partial charge in [0.05, 0.1) is 36.7 Å². The highest BCUT2D eigenvalue weighted by Crippen LogP contribution is 2.35. The topological polar surface area (TPSA) is 103 Å². The molecule has 4 heterocycles. The third-order valence-electron chi connectivity index (χ3n) is 6.16. The summed E-state index contributed by atoms with van der Waals surface area (Å²) in [6.45, 7) is 0.890. The summed E-state index contributed by atoms with van der Waals surface area (Å²) in [4.78, 5) is 31.1. The minimum Gasteiger partial charge on any atom is -0.378 e. The maximum absolute atomic E-state index is 14.7. The summed E-state index contributed by atoms with van der Waals surface area (Å²) in [6, 6.07) is -0.214. The van der Waals surface area contributed by atoms with Gasteiger partial charge in [-0.3, -0.25) is 9.59 Å². The molecule has 2 aromatic rings. The first-order valence-corrected chi connectivity index (χ1v) is 11.7. The van der Waals surface area contributed by atoms with Crippen molar-refractivity contribution in [2.45, 2.75) is 37.5 Å². The van der Waals surface area contributed by atoms with Gasteiger partial charge < -0.3 is 19.9 Å². The summed E-state index contributed by atoms with van der Waals surface area (Å²) in [5.74, 6) is -0.513. The van der Waals surface area contributed by atoms with Crippen LogP contribution in [0.25, 0.3) is 6.08 Å². The molecule has 2 aliphatic rings. The van der Waals surface area contributed by atoms with E-state index in [1.165, 1.54) is 17.9 Å². The molecule has 1 fully saturated rings. The van der Waals surface area contributed by atoms with Crippen LogP contribution < -0.4 is 15.8 Å². The van der Waals surface area contributed by atoms with Crippen LogP contribution in [-0.4, -0.2) is 77.1 Å². The van der Waals surface area contributed by atoms with Gasteiger partial charge in [0, 0.05) is 37.4 Å². The minimum atomic E-state index is -4.93. The number of nitrogens with zero attached hydrogens (tertiary/aromatic N) is 4. The Hall–Kier alpha value is -3.69. The fourth-order valence-corrected chi connectivity index (χ4v) is 4.36. The monoisotopic (exact) mass is 564 g/mol. The van der Waals surface area contributed by atoms with Crippen molar-refractivity contribution in [3.63, 3.8) is 0 Å². The Bertz CT molecular complexity index is 1300. The Labute approximate surface area is 216 Å². The van der Waals surface area contributed by atoms with Gasteiger partial charge in [-0.1, -0.05) is 12.2 Å². The molecule has 0 unspecified atom stereocenters. The first-order chi connectivity index (χ1) is 18.3. The van der Waals surface area contributed by atoms with Crippen LogP contribution >= 0.6 is 0 Å². The van der Waals surface area contributed by atoms with Crippen molar-refractivity contribution in [2.75, 3.05) is 43.1 Å². The second-order valence-electron chi connectivity index (χ2n) is 9.07. The molecule has 3 atom stereocenters. The number of fused-ring (bicyclic) bond motifs is 3. The highest BCUT2D eigenvalue weighted by atomic mass is 19.4. The van der Waals surface area contributed by atoms with E-state index in [0.717, 1.165) is 18.5 Å². The van der Waals surface area contributed by atoms with Gasteiger partial charge >= 0.3 is 12.4 Å². The van der Waals surface area contributed by atoms with Crippen LogP contribution in [0, 0.1) is 0 Å². The normalized spacial score (nSPS) is 18.8. The number of rotatable bonds is 7. The average Bonchev–Trinajstić information content (AvgIpc) is 2.86. The van der Waals surface area contributed by atoms with E-state index in [9.17, 15) is 40.3 Å². The Kier molecular flexibility index (Phi) is 7.86. The number of halogens is 7. The number of anilines is 2. The molecule has 2 aliphatic heterocycles. The van der Waals surface area contributed by atoms with Gasteiger partial charge in [-0.2, -0.15) is 31.4 Å². The Morgan fingerprint density at radius 3 is 2.62 bits per heavy atom. The van der Waals surface area contributed by atoms with Crippen LogP contribution in [0.4, 0.5) is 42.2 Å². The molecule has 4 rings (SSSR count). The maximum atomic E-state index is 14.7. The minimum absolute atomic E-state index is 0.0750. The molecule has 0 aromatic carbocycles. The lowest BCUT2D eigenvalue weighted by Gasteiger charge is -2.43. The van der Waals surface area contributed by atoms with Gasteiger partial charge in [-0.25, -0.2) is 14.5 Å². The molecule has 1 amide bonds. The van der Waals surface area contributed by atoms with Crippen LogP contribution in [-0.2, 0) is 21.9 Å². The molecule has 0 spiro atoms. The van der Waals surface area contributed by atoms with E-state index in [1.807, 2.05) is 0 Å². The smallest absolute Gasteiger partial charge is 0.378 e. The zero-order valence-corrected chi connectivity index (χ0v) is 20.3. The molecule has 16 heteroatoms. The number of ether oxygens (including phenoxy) is 1. The van der Waals surface area contributed by atoms with Gasteiger partial charge in [0.15, 0.2) is 0 Å². The summed E-state index contributed by atoms with van der Waals surface area (Å²) in [5, 5.41) is 7.50. The lowest BCUT2D eigenvalue weighted by atomic mass is 10.0. The summed E-state index contributed by atoms with van der Waals surface area (Å²) in [7, 11) is 0. The summed E-state index contributed by atoms with van der Waals surface area (Å²) < 4.78 is 98.3. The first-order valence-electron chi connectivity index (χ1n) is 11.7. The van der Waals surface area contributed by atoms with Crippen LogP contribution in [0.15, 0.2) is 29.3 Å². The Balaban J connectivity index is 1.29. The number of pyridine rings is 1. The van der Waals surface area contributed by atoms with E-state index in [0.29, 0.717) is 11.4 Å². The lowest BCUT2D eigenvalue weighted by molar-refractivity contribution is -0.140. The average molecular weight is 564 g/mol. The molecule has 1 saturated heterocycles. The van der Waals surface area contributed by atoms with Crippen LogP contribution in [0.5, 0.6) is 0 Å². The second kappa shape index (κ2) is 10.8. The summed E-state index contributed by atoms with van der Waals surface area (Å²) >= 11 is 0. The summed E-state index contributed by atoms with van der Waals surface area (Å²) in [6.07, 6.45) is -6.87. The first kappa shape index (κ1) is 28.3. The van der Waals surface area contributed by atoms with Gasteiger partial charge in [-0.15, -0.1) is 0 Å². The van der Waals surface area contributed by atoms with E-state index in [4.69, 9.17) is 4.74 Å². The molecule has 0 radical (unpaired) electrons. The number of piperazine rings is 1. The van der Waals surface area contributed by atoms with Crippen molar-refractivity contribution < 1.29 is 40.3 Å². The van der Waals surface area contributed by atoms with Crippen LogP contribution in [0.1, 0.15) is 23.6 Å². The van der Waals surface area contributed by atoms with Crippen molar-refractivity contribution in [3.05, 3.63) is 51.6 Å². The van der Waals surface area contributed by atoms with E-state index in [2.05, 4.69) is 15.4 Å². The predicted octanol–water partition coefficient (Wildman–Crippen LogP) is 3.10. The molecule has 0 saturated carbocycles. The molecule has 39 heavy (non-hydrogen) atoms. The molecule has 0 aliphatic carbocycles. The van der Waals surface area contributed by atoms with Gasteiger partial charge in [0.1, 0.15) is 11.4 Å². The number of amides is 1. The van der Waals surface area contributed by atoms with Crippen molar-refractivity contribution in [1.82, 2.24) is 20.1 Å². The van der Waals surface area contributed by atoms with Gasteiger partial charge in [0.25, 0.3) is 11.5 Å². The fourth-order valence-electron chi connectivity index (χ4n) is 4.36. The van der Waals surface area contributed by atoms with E-state index >= 15 is 0 Å². The molecule has 2 N–H and O–H groups in total. The third kappa shape index (κ3) is 6.32. The van der Waals surface area contributed by atoms with Crippen LogP contribution in [0.3, 0.4) is 0 Å². The van der Waals surface area contributed by atoms with Gasteiger partial charge in [-0.05, 0) is 13.0 Å². The van der Waals surface area contributed by atoms with Crippen molar-refractivity contribution >= 4 is 23.5 Å². The predicted molar refractivity (Wildman–Crippen MR) is 125 cm³/mol. The Morgan fingerprint density at radius 1 is 1.18 bits per heavy atom. The number of hydrogen-bond acceptors (Lipinski definition) is 7. The van der Waals surface area contributed by atoms with Crippen molar-refractivity contribution in [3.8, 4) is 0 Å². The SMILES string of the molecule is C[C@@H](COC[C@@H](F)C(=O)N1CCN2c3ncc(C(F)(F)F)cc3C=C[C@@H]2C1)Nc1cn[nH]c(=O)c1C(F)(F)F. The summed E-state index contributed by atoms with van der Waals surface area (Å²) in [5.41, 5.74) is -4.04. The second-order valence-corrected chi connectivity index (χ2v) is 9.07. The van der Waals surface area contributed by atoms with Crippen molar-refractivity contribution in [1.29, 1.82) is 0 Å². The number of alkyl halides is 7. The molecular weight excluding hydrogens is 541 g/mol. The standard InChI is InChI=1S/C23H23F7N6O3/c1-12(33-17-8-32-34-20(37)18(17)23(28,29)30)10-39-11-16(24)21(38)35-4-5-36-15(9-35)3-2-13-6-14(22(25,26)27)7-31-19(13)36/h2-3,6-8,12,15-16H,4-5,9-11H2,1H3,(H2,33,34,37)/t12-,15+,16+/m0/s1. The van der Waals surface area contributed by atoms with Crippen LogP contribution in [0.2, 0.25) is 0 Å². The number of aromatic amines is 1. The fraction of sp³-hybridized carbons (Fsp3) is 0.478. The number of H-pyrrole nitrogens is 1. The number of hydrogen-bond donors (Lipinski definition) is 2. The molecule has 212 valence electrons.